The highest BCUT2D eigenvalue weighted by molar-refractivity contribution is 7.92. The fourth-order valence-electron chi connectivity index (χ4n) is 4.72. The van der Waals surface area contributed by atoms with Gasteiger partial charge in [-0.2, -0.15) is 0 Å². The monoisotopic (exact) mass is 517 g/mol. The van der Waals surface area contributed by atoms with Gasteiger partial charge in [0, 0.05) is 36.1 Å². The molecule has 1 aliphatic heterocycles. The van der Waals surface area contributed by atoms with Crippen LogP contribution in [0.1, 0.15) is 24.3 Å². The topological polar surface area (TPSA) is 82.7 Å². The number of sulfonamides is 1. The molecule has 0 spiro atoms. The number of fused-ring (bicyclic) bond motifs is 1. The number of ether oxygens (including phenoxy) is 1. The van der Waals surface area contributed by atoms with E-state index >= 15 is 0 Å². The summed E-state index contributed by atoms with van der Waals surface area (Å²) >= 11 is 0. The Bertz CT molecular complexity index is 1490. The van der Waals surface area contributed by atoms with E-state index < -0.39 is 10.0 Å². The van der Waals surface area contributed by atoms with E-state index in [1.807, 2.05) is 56.3 Å². The fraction of sp³-hybridized carbons (Fsp3) is 0.276. The number of H-pyrrole nitrogens is 1. The van der Waals surface area contributed by atoms with Crippen LogP contribution in [0.2, 0.25) is 0 Å². The lowest BCUT2D eigenvalue weighted by Gasteiger charge is -2.27. The van der Waals surface area contributed by atoms with Gasteiger partial charge in [-0.15, -0.1) is 0 Å². The van der Waals surface area contributed by atoms with Crippen LogP contribution in [-0.2, 0) is 14.8 Å². The number of benzene rings is 3. The number of hydrogen-bond acceptors (Lipinski definition) is 4. The molecule has 8 heteroatoms. The molecule has 1 N–H and O–H groups in total. The molecule has 0 unspecified atom stereocenters. The number of amides is 1. The first-order valence-electron chi connectivity index (χ1n) is 12.5. The van der Waals surface area contributed by atoms with Gasteiger partial charge < -0.3 is 14.6 Å². The summed E-state index contributed by atoms with van der Waals surface area (Å²) in [6, 6.07) is 23.8. The molecule has 1 aromatic heterocycles. The maximum atomic E-state index is 13.7. The number of morpholine rings is 1. The average molecular weight is 518 g/mol. The Balaban J connectivity index is 1.67. The minimum Gasteiger partial charge on any atom is -0.378 e. The van der Waals surface area contributed by atoms with E-state index in [-0.39, 0.29) is 16.7 Å². The molecule has 2 heterocycles. The van der Waals surface area contributed by atoms with Crippen molar-refractivity contribution in [3.8, 4) is 11.1 Å². The third-order valence-corrected chi connectivity index (χ3v) is 8.31. The van der Waals surface area contributed by atoms with Gasteiger partial charge in [-0.05, 0) is 41.8 Å². The van der Waals surface area contributed by atoms with Crippen molar-refractivity contribution in [3.05, 3.63) is 84.6 Å². The third-order valence-electron chi connectivity index (χ3n) is 6.51. The van der Waals surface area contributed by atoms with E-state index in [2.05, 4.69) is 4.98 Å². The molecular weight excluding hydrogens is 486 g/mol. The quantitative estimate of drug-likeness (QED) is 0.367. The van der Waals surface area contributed by atoms with Gasteiger partial charge in [0.15, 0.2) is 0 Å². The Morgan fingerprint density at radius 2 is 1.62 bits per heavy atom. The van der Waals surface area contributed by atoms with Crippen LogP contribution in [0.15, 0.2) is 83.8 Å². The summed E-state index contributed by atoms with van der Waals surface area (Å²) in [6.07, 6.45) is 0. The molecule has 0 saturated carbocycles. The summed E-state index contributed by atoms with van der Waals surface area (Å²) in [5.74, 6) is 0.0170. The largest absolute Gasteiger partial charge is 0.378 e. The smallest absolute Gasteiger partial charge is 0.271 e. The van der Waals surface area contributed by atoms with Gasteiger partial charge in [-0.25, -0.2) is 8.42 Å². The van der Waals surface area contributed by atoms with Crippen molar-refractivity contribution in [2.45, 2.75) is 18.7 Å². The Morgan fingerprint density at radius 3 is 2.27 bits per heavy atom. The van der Waals surface area contributed by atoms with E-state index in [0.29, 0.717) is 44.2 Å². The third kappa shape index (κ3) is 4.99. The standard InChI is InChI=1S/C29H31N3O4S/c1-21(2)20-32(37(34,35)24-11-7-4-8-12-24)23-13-14-26-25(19-23)27(22-9-5-3-6-10-22)28(30-26)29(33)31-15-17-36-18-16-31/h3-14,19,21,30H,15-18,20H2,1-2H3. The number of nitrogens with zero attached hydrogens (tertiary/aromatic N) is 2. The molecule has 5 rings (SSSR count). The number of aromatic nitrogens is 1. The number of aromatic amines is 1. The minimum absolute atomic E-state index is 0.0872. The number of nitrogens with one attached hydrogen (secondary N) is 1. The zero-order valence-electron chi connectivity index (χ0n) is 21.1. The van der Waals surface area contributed by atoms with Crippen LogP contribution in [0.4, 0.5) is 5.69 Å². The SMILES string of the molecule is CC(C)CN(c1ccc2[nH]c(C(=O)N3CCOCC3)c(-c3ccccc3)c2c1)S(=O)(=O)c1ccccc1. The van der Waals surface area contributed by atoms with E-state index in [0.717, 1.165) is 22.0 Å². The van der Waals surface area contributed by atoms with E-state index in [1.54, 1.807) is 41.3 Å². The predicted octanol–water partition coefficient (Wildman–Crippen LogP) is 5.16. The molecular formula is C29H31N3O4S. The lowest BCUT2D eigenvalue weighted by atomic mass is 10.0. The lowest BCUT2D eigenvalue weighted by molar-refractivity contribution is 0.0300. The zero-order valence-corrected chi connectivity index (χ0v) is 21.9. The highest BCUT2D eigenvalue weighted by Gasteiger charge is 2.28. The molecule has 1 aliphatic rings. The zero-order chi connectivity index (χ0) is 26.0. The van der Waals surface area contributed by atoms with Crippen LogP contribution in [0, 0.1) is 5.92 Å². The van der Waals surface area contributed by atoms with Crippen molar-refractivity contribution in [1.29, 1.82) is 0 Å². The molecule has 0 radical (unpaired) electrons. The number of carbonyl (C=O) groups is 1. The van der Waals surface area contributed by atoms with Gasteiger partial charge in [0.1, 0.15) is 5.69 Å². The van der Waals surface area contributed by atoms with E-state index in [4.69, 9.17) is 4.74 Å². The highest BCUT2D eigenvalue weighted by atomic mass is 32.2. The van der Waals surface area contributed by atoms with Crippen LogP contribution in [0.3, 0.4) is 0 Å². The summed E-state index contributed by atoms with van der Waals surface area (Å²) in [6.45, 7) is 6.41. The minimum atomic E-state index is -3.79. The first-order chi connectivity index (χ1) is 17.9. The second kappa shape index (κ2) is 10.4. The summed E-state index contributed by atoms with van der Waals surface area (Å²) in [7, 11) is -3.79. The molecule has 0 atom stereocenters. The van der Waals surface area contributed by atoms with Gasteiger partial charge in [0.25, 0.3) is 15.9 Å². The second-order valence-electron chi connectivity index (χ2n) is 9.62. The van der Waals surface area contributed by atoms with Gasteiger partial charge in [-0.3, -0.25) is 9.10 Å². The fourth-order valence-corrected chi connectivity index (χ4v) is 6.36. The van der Waals surface area contributed by atoms with Gasteiger partial charge in [0.05, 0.1) is 23.8 Å². The molecule has 1 amide bonds. The highest BCUT2D eigenvalue weighted by Crippen LogP contribution is 2.37. The number of rotatable bonds is 7. The van der Waals surface area contributed by atoms with Crippen molar-refractivity contribution in [1.82, 2.24) is 9.88 Å². The van der Waals surface area contributed by atoms with Crippen LogP contribution in [-0.4, -0.2) is 57.1 Å². The first kappa shape index (κ1) is 25.0. The van der Waals surface area contributed by atoms with Crippen molar-refractivity contribution in [2.75, 3.05) is 37.2 Å². The summed E-state index contributed by atoms with van der Waals surface area (Å²) in [5, 5.41) is 0.803. The van der Waals surface area contributed by atoms with Crippen molar-refractivity contribution < 1.29 is 17.9 Å². The van der Waals surface area contributed by atoms with Gasteiger partial charge >= 0.3 is 0 Å². The Hall–Kier alpha value is -3.62. The van der Waals surface area contributed by atoms with Crippen molar-refractivity contribution in [2.24, 2.45) is 5.92 Å². The number of anilines is 1. The second-order valence-corrected chi connectivity index (χ2v) is 11.5. The predicted molar refractivity (Wildman–Crippen MR) is 146 cm³/mol. The summed E-state index contributed by atoms with van der Waals surface area (Å²) < 4.78 is 34.4. The molecule has 0 aliphatic carbocycles. The molecule has 37 heavy (non-hydrogen) atoms. The van der Waals surface area contributed by atoms with Crippen LogP contribution in [0.5, 0.6) is 0 Å². The maximum absolute atomic E-state index is 13.7. The summed E-state index contributed by atoms with van der Waals surface area (Å²) in [4.78, 5) is 19.0. The average Bonchev–Trinajstić information content (AvgIpc) is 3.31. The first-order valence-corrected chi connectivity index (χ1v) is 14.0. The number of hydrogen-bond donors (Lipinski definition) is 1. The molecule has 4 aromatic rings. The maximum Gasteiger partial charge on any atom is 0.271 e. The van der Waals surface area contributed by atoms with Crippen LogP contribution in [0.25, 0.3) is 22.0 Å². The summed E-state index contributed by atoms with van der Waals surface area (Å²) in [5.41, 5.74) is 3.51. The lowest BCUT2D eigenvalue weighted by Crippen LogP contribution is -2.41. The molecule has 1 fully saturated rings. The molecule has 7 nitrogen and oxygen atoms in total. The van der Waals surface area contributed by atoms with Crippen LogP contribution >= 0.6 is 0 Å². The Kier molecular flexibility index (Phi) is 7.04. The Morgan fingerprint density at radius 1 is 0.973 bits per heavy atom. The number of carbonyl (C=O) groups excluding carboxylic acids is 1. The van der Waals surface area contributed by atoms with Crippen LogP contribution < -0.4 is 4.31 Å². The molecule has 1 saturated heterocycles. The van der Waals surface area contributed by atoms with E-state index in [1.165, 1.54) is 4.31 Å². The van der Waals surface area contributed by atoms with Crippen molar-refractivity contribution >= 4 is 32.5 Å². The Labute approximate surface area is 217 Å². The molecule has 0 bridgehead atoms. The van der Waals surface area contributed by atoms with Gasteiger partial charge in [0.2, 0.25) is 0 Å². The van der Waals surface area contributed by atoms with Crippen molar-refractivity contribution in [3.63, 3.8) is 0 Å². The van der Waals surface area contributed by atoms with Gasteiger partial charge in [-0.1, -0.05) is 62.4 Å². The molecule has 192 valence electrons. The van der Waals surface area contributed by atoms with E-state index in [9.17, 15) is 13.2 Å². The molecule has 3 aromatic carbocycles. The normalized spacial score (nSPS) is 14.3.